The second-order valence-electron chi connectivity index (χ2n) is 3.25. The van der Waals surface area contributed by atoms with Crippen molar-refractivity contribution >= 4 is 11.6 Å². The number of aromatic hydroxyl groups is 1. The van der Waals surface area contributed by atoms with Gasteiger partial charge in [-0.3, -0.25) is 14.9 Å². The number of amides is 1. The van der Waals surface area contributed by atoms with Crippen LogP contribution in [-0.4, -0.2) is 22.1 Å². The standard InChI is InChI=1S/C9H7F3N2O4/c10-9(11,12)8(16)13-4-5-3-6(14(17)18)1-2-7(5)15/h1-3,15H,4H2,(H,13,16). The zero-order chi connectivity index (χ0) is 13.9. The second-order valence-corrected chi connectivity index (χ2v) is 3.25. The predicted molar refractivity (Wildman–Crippen MR) is 52.7 cm³/mol. The van der Waals surface area contributed by atoms with Crippen LogP contribution in [0.1, 0.15) is 5.56 Å². The summed E-state index contributed by atoms with van der Waals surface area (Å²) in [5.74, 6) is -2.63. The highest BCUT2D eigenvalue weighted by Gasteiger charge is 2.38. The van der Waals surface area contributed by atoms with E-state index in [9.17, 15) is 33.2 Å². The zero-order valence-electron chi connectivity index (χ0n) is 8.69. The number of phenols is 1. The second kappa shape index (κ2) is 4.90. The van der Waals surface area contributed by atoms with Crippen LogP contribution in [0, 0.1) is 10.1 Å². The van der Waals surface area contributed by atoms with Gasteiger partial charge in [0.15, 0.2) is 0 Å². The molecule has 0 aliphatic heterocycles. The Morgan fingerprint density at radius 2 is 2.06 bits per heavy atom. The lowest BCUT2D eigenvalue weighted by atomic mass is 10.2. The Morgan fingerprint density at radius 3 is 2.56 bits per heavy atom. The fourth-order valence-corrected chi connectivity index (χ4v) is 1.10. The van der Waals surface area contributed by atoms with E-state index >= 15 is 0 Å². The molecule has 1 aromatic rings. The normalized spacial score (nSPS) is 11.1. The summed E-state index contributed by atoms with van der Waals surface area (Å²) in [6.45, 7) is -0.661. The molecular formula is C9H7F3N2O4. The Bertz CT molecular complexity index is 487. The summed E-state index contributed by atoms with van der Waals surface area (Å²) < 4.78 is 35.6. The van der Waals surface area contributed by atoms with Gasteiger partial charge in [-0.1, -0.05) is 0 Å². The molecule has 0 aliphatic carbocycles. The van der Waals surface area contributed by atoms with E-state index in [4.69, 9.17) is 0 Å². The Morgan fingerprint density at radius 1 is 1.44 bits per heavy atom. The molecule has 9 heteroatoms. The van der Waals surface area contributed by atoms with E-state index in [1.54, 1.807) is 0 Å². The zero-order valence-corrected chi connectivity index (χ0v) is 8.69. The van der Waals surface area contributed by atoms with E-state index in [0.29, 0.717) is 0 Å². The van der Waals surface area contributed by atoms with Crippen molar-refractivity contribution in [2.45, 2.75) is 12.7 Å². The summed E-state index contributed by atoms with van der Waals surface area (Å²) in [6, 6.07) is 2.84. The van der Waals surface area contributed by atoms with Crippen molar-refractivity contribution in [1.29, 1.82) is 0 Å². The minimum Gasteiger partial charge on any atom is -0.508 e. The van der Waals surface area contributed by atoms with Gasteiger partial charge in [0.05, 0.1) is 4.92 Å². The molecule has 2 N–H and O–H groups in total. The molecule has 18 heavy (non-hydrogen) atoms. The predicted octanol–water partition coefficient (Wildman–Crippen LogP) is 1.48. The monoisotopic (exact) mass is 264 g/mol. The number of nitro groups is 1. The van der Waals surface area contributed by atoms with Crippen LogP contribution in [0.2, 0.25) is 0 Å². The van der Waals surface area contributed by atoms with Gasteiger partial charge in [-0.25, -0.2) is 0 Å². The van der Waals surface area contributed by atoms with Crippen molar-refractivity contribution in [3.05, 3.63) is 33.9 Å². The molecule has 0 aliphatic rings. The van der Waals surface area contributed by atoms with Crippen LogP contribution in [0.3, 0.4) is 0 Å². The van der Waals surface area contributed by atoms with Crippen LogP contribution >= 0.6 is 0 Å². The Labute approximate surface area is 98.2 Å². The van der Waals surface area contributed by atoms with Crippen molar-refractivity contribution in [3.63, 3.8) is 0 Å². The highest BCUT2D eigenvalue weighted by Crippen LogP contribution is 2.23. The molecule has 1 rings (SSSR count). The SMILES string of the molecule is O=C(NCc1cc([N+](=O)[O-])ccc1O)C(F)(F)F. The number of benzene rings is 1. The van der Waals surface area contributed by atoms with Gasteiger partial charge >= 0.3 is 12.1 Å². The fraction of sp³-hybridized carbons (Fsp3) is 0.222. The molecule has 0 saturated heterocycles. The minimum absolute atomic E-state index is 0.179. The van der Waals surface area contributed by atoms with Crippen LogP contribution in [0.15, 0.2) is 18.2 Å². The van der Waals surface area contributed by atoms with Crippen LogP contribution in [0.5, 0.6) is 5.75 Å². The molecule has 0 heterocycles. The number of halogens is 3. The molecule has 0 saturated carbocycles. The number of phenolic OH excluding ortho intramolecular Hbond substituents is 1. The van der Waals surface area contributed by atoms with Gasteiger partial charge in [-0.15, -0.1) is 0 Å². The Balaban J connectivity index is 2.82. The number of nitro benzene ring substituents is 1. The van der Waals surface area contributed by atoms with Crippen LogP contribution in [-0.2, 0) is 11.3 Å². The van der Waals surface area contributed by atoms with Gasteiger partial charge in [0.1, 0.15) is 5.75 Å². The van der Waals surface area contributed by atoms with Crippen molar-refractivity contribution in [3.8, 4) is 5.75 Å². The van der Waals surface area contributed by atoms with Gasteiger partial charge < -0.3 is 10.4 Å². The maximum atomic E-state index is 11.9. The number of hydrogen-bond acceptors (Lipinski definition) is 4. The van der Waals surface area contributed by atoms with Crippen molar-refractivity contribution in [2.24, 2.45) is 0 Å². The number of rotatable bonds is 3. The maximum absolute atomic E-state index is 11.9. The first-order chi connectivity index (χ1) is 8.21. The molecule has 0 atom stereocenters. The van der Waals surface area contributed by atoms with E-state index in [1.807, 2.05) is 0 Å². The number of carbonyl (C=O) groups is 1. The van der Waals surface area contributed by atoms with Gasteiger partial charge in [-0.2, -0.15) is 13.2 Å². The molecule has 0 spiro atoms. The number of alkyl halides is 3. The van der Waals surface area contributed by atoms with E-state index in [1.165, 1.54) is 5.32 Å². The molecule has 1 amide bonds. The number of non-ortho nitro benzene ring substituents is 1. The minimum atomic E-state index is -5.05. The lowest BCUT2D eigenvalue weighted by molar-refractivity contribution is -0.384. The van der Waals surface area contributed by atoms with Gasteiger partial charge in [0, 0.05) is 24.2 Å². The number of hydrogen-bond donors (Lipinski definition) is 2. The third kappa shape index (κ3) is 3.34. The van der Waals surface area contributed by atoms with Crippen molar-refractivity contribution < 1.29 is 28.0 Å². The first kappa shape index (κ1) is 13.7. The average Bonchev–Trinajstić information content (AvgIpc) is 2.25. The van der Waals surface area contributed by atoms with Gasteiger partial charge in [-0.05, 0) is 6.07 Å². The topological polar surface area (TPSA) is 92.5 Å². The summed E-state index contributed by atoms with van der Waals surface area (Å²) >= 11 is 0. The quantitative estimate of drug-likeness (QED) is 0.638. The van der Waals surface area contributed by atoms with E-state index in [2.05, 4.69) is 0 Å². The summed E-state index contributed by atoms with van der Waals surface area (Å²) in [6.07, 6.45) is -5.05. The molecule has 98 valence electrons. The molecule has 0 fully saturated rings. The molecule has 0 radical (unpaired) electrons. The van der Waals surface area contributed by atoms with E-state index < -0.39 is 35.0 Å². The first-order valence-corrected chi connectivity index (χ1v) is 4.53. The Kier molecular flexibility index (Phi) is 3.74. The highest BCUT2D eigenvalue weighted by molar-refractivity contribution is 5.81. The number of carbonyl (C=O) groups excluding carboxylic acids is 1. The largest absolute Gasteiger partial charge is 0.508 e. The van der Waals surface area contributed by atoms with Crippen LogP contribution < -0.4 is 5.32 Å². The molecule has 0 bridgehead atoms. The average molecular weight is 264 g/mol. The number of nitrogens with zero attached hydrogens (tertiary/aromatic N) is 1. The summed E-state index contributed by atoms with van der Waals surface area (Å²) in [5, 5.41) is 21.2. The summed E-state index contributed by atoms with van der Waals surface area (Å²) in [4.78, 5) is 20.2. The molecule has 1 aromatic carbocycles. The van der Waals surface area contributed by atoms with Gasteiger partial charge in [0.2, 0.25) is 0 Å². The summed E-state index contributed by atoms with van der Waals surface area (Å²) in [5.41, 5.74) is -0.578. The third-order valence-electron chi connectivity index (χ3n) is 1.97. The third-order valence-corrected chi connectivity index (χ3v) is 1.97. The summed E-state index contributed by atoms with van der Waals surface area (Å²) in [7, 11) is 0. The van der Waals surface area contributed by atoms with Crippen LogP contribution in [0.25, 0.3) is 0 Å². The fourth-order valence-electron chi connectivity index (χ4n) is 1.10. The molecule has 0 unspecified atom stereocenters. The molecular weight excluding hydrogens is 257 g/mol. The maximum Gasteiger partial charge on any atom is 0.471 e. The number of nitrogens with one attached hydrogen (secondary N) is 1. The van der Waals surface area contributed by atoms with Gasteiger partial charge in [0.25, 0.3) is 5.69 Å². The lowest BCUT2D eigenvalue weighted by Gasteiger charge is -2.08. The lowest BCUT2D eigenvalue weighted by Crippen LogP contribution is -2.36. The molecule has 0 aromatic heterocycles. The van der Waals surface area contributed by atoms with Crippen molar-refractivity contribution in [2.75, 3.05) is 0 Å². The highest BCUT2D eigenvalue weighted by atomic mass is 19.4. The van der Waals surface area contributed by atoms with E-state index in [-0.39, 0.29) is 5.56 Å². The first-order valence-electron chi connectivity index (χ1n) is 4.53. The van der Waals surface area contributed by atoms with Crippen LogP contribution in [0.4, 0.5) is 18.9 Å². The smallest absolute Gasteiger partial charge is 0.471 e. The van der Waals surface area contributed by atoms with E-state index in [0.717, 1.165) is 18.2 Å². The van der Waals surface area contributed by atoms with Crippen molar-refractivity contribution in [1.82, 2.24) is 5.32 Å². The molecule has 6 nitrogen and oxygen atoms in total. The Hall–Kier alpha value is -2.32.